The topological polar surface area (TPSA) is 65.4 Å². The number of carbonyl (C=O) groups excluding carboxylic acids is 1. The van der Waals surface area contributed by atoms with Crippen LogP contribution in [-0.4, -0.2) is 29.7 Å². The van der Waals surface area contributed by atoms with Gasteiger partial charge in [0.05, 0.1) is 30.6 Å². The molecule has 1 aliphatic rings. The lowest BCUT2D eigenvalue weighted by Crippen LogP contribution is -2.25. The number of imidazole rings is 1. The molecule has 2 heterocycles. The molecule has 0 bridgehead atoms. The summed E-state index contributed by atoms with van der Waals surface area (Å²) in [6, 6.07) is 9.78. The molecule has 2 aromatic carbocycles. The molecule has 0 unspecified atom stereocenters. The molecule has 28 heavy (non-hydrogen) atoms. The van der Waals surface area contributed by atoms with Gasteiger partial charge < -0.3 is 14.8 Å². The number of rotatable bonds is 4. The van der Waals surface area contributed by atoms with Crippen molar-refractivity contribution >= 4 is 23.3 Å². The van der Waals surface area contributed by atoms with Crippen LogP contribution < -0.4 is 14.8 Å². The van der Waals surface area contributed by atoms with Gasteiger partial charge in [-0.1, -0.05) is 11.6 Å². The molecule has 0 saturated carbocycles. The zero-order chi connectivity index (χ0) is 19.8. The Balaban J connectivity index is 1.84. The van der Waals surface area contributed by atoms with Gasteiger partial charge in [-0.2, -0.15) is 0 Å². The molecule has 1 atom stereocenters. The van der Waals surface area contributed by atoms with Crippen molar-refractivity contribution in [1.29, 1.82) is 0 Å². The molecule has 0 radical (unpaired) electrons. The SMILES string of the molecule is COc1ccc(OC)c([C@H]2CC(=O)Nc3c2ncn3-c2ccc(F)c(Cl)c2)c1. The van der Waals surface area contributed by atoms with Gasteiger partial charge in [0, 0.05) is 17.9 Å². The molecule has 3 aromatic rings. The van der Waals surface area contributed by atoms with E-state index in [1.807, 2.05) is 6.07 Å². The summed E-state index contributed by atoms with van der Waals surface area (Å²) >= 11 is 5.91. The molecule has 1 aromatic heterocycles. The zero-order valence-corrected chi connectivity index (χ0v) is 16.0. The molecule has 0 saturated heterocycles. The molecule has 1 amide bonds. The van der Waals surface area contributed by atoms with Crippen LogP contribution in [0.3, 0.4) is 0 Å². The molecule has 0 fully saturated rings. The molecule has 0 aliphatic carbocycles. The van der Waals surface area contributed by atoms with Crippen molar-refractivity contribution in [2.24, 2.45) is 0 Å². The number of ether oxygens (including phenoxy) is 2. The maximum atomic E-state index is 13.5. The van der Waals surface area contributed by atoms with E-state index in [0.717, 1.165) is 5.56 Å². The number of nitrogens with zero attached hydrogens (tertiary/aromatic N) is 2. The second-order valence-corrected chi connectivity index (χ2v) is 6.77. The van der Waals surface area contributed by atoms with Gasteiger partial charge in [0.25, 0.3) is 0 Å². The second-order valence-electron chi connectivity index (χ2n) is 6.36. The molecule has 144 valence electrons. The normalized spacial score (nSPS) is 15.7. The third-order valence-electron chi connectivity index (χ3n) is 4.77. The number of nitrogens with one attached hydrogen (secondary N) is 1. The van der Waals surface area contributed by atoms with Gasteiger partial charge in [-0.05, 0) is 36.4 Å². The van der Waals surface area contributed by atoms with Gasteiger partial charge in [-0.3, -0.25) is 9.36 Å². The maximum absolute atomic E-state index is 13.5. The van der Waals surface area contributed by atoms with E-state index >= 15 is 0 Å². The summed E-state index contributed by atoms with van der Waals surface area (Å²) in [5.74, 6) is 0.846. The van der Waals surface area contributed by atoms with Crippen LogP contribution in [0.5, 0.6) is 11.5 Å². The summed E-state index contributed by atoms with van der Waals surface area (Å²) in [4.78, 5) is 17.0. The predicted octanol–water partition coefficient (Wildman–Crippen LogP) is 4.16. The van der Waals surface area contributed by atoms with Gasteiger partial charge in [0.15, 0.2) is 0 Å². The monoisotopic (exact) mass is 401 g/mol. The summed E-state index contributed by atoms with van der Waals surface area (Å²) in [6.07, 6.45) is 1.80. The maximum Gasteiger partial charge on any atom is 0.226 e. The highest BCUT2D eigenvalue weighted by atomic mass is 35.5. The van der Waals surface area contributed by atoms with Crippen molar-refractivity contribution in [3.05, 3.63) is 64.8 Å². The lowest BCUT2D eigenvalue weighted by atomic mass is 9.89. The minimum Gasteiger partial charge on any atom is -0.497 e. The van der Waals surface area contributed by atoms with Crippen LogP contribution in [0.1, 0.15) is 23.6 Å². The summed E-state index contributed by atoms with van der Waals surface area (Å²) in [5.41, 5.74) is 2.09. The van der Waals surface area contributed by atoms with Crippen LogP contribution in [0, 0.1) is 5.82 Å². The fraction of sp³-hybridized carbons (Fsp3) is 0.200. The molecule has 4 rings (SSSR count). The van der Waals surface area contributed by atoms with Crippen molar-refractivity contribution in [3.63, 3.8) is 0 Å². The third-order valence-corrected chi connectivity index (χ3v) is 5.06. The summed E-state index contributed by atoms with van der Waals surface area (Å²) < 4.78 is 26.0. The number of hydrogen-bond donors (Lipinski definition) is 1. The number of methoxy groups -OCH3 is 2. The third kappa shape index (κ3) is 3.07. The average Bonchev–Trinajstić information content (AvgIpc) is 3.12. The van der Waals surface area contributed by atoms with E-state index in [4.69, 9.17) is 21.1 Å². The van der Waals surface area contributed by atoms with Gasteiger partial charge in [0.2, 0.25) is 5.91 Å². The molecule has 1 N–H and O–H groups in total. The number of aromatic nitrogens is 2. The van der Waals surface area contributed by atoms with Crippen LogP contribution in [0.25, 0.3) is 5.69 Å². The minimum atomic E-state index is -0.512. The molecule has 8 heteroatoms. The Morgan fingerprint density at radius 1 is 1.21 bits per heavy atom. The lowest BCUT2D eigenvalue weighted by Gasteiger charge is -2.25. The van der Waals surface area contributed by atoms with Crippen molar-refractivity contribution in [2.75, 3.05) is 19.5 Å². The Labute approximate surface area is 165 Å². The standard InChI is InChI=1S/C20H17ClFN3O3/c1-27-12-4-6-17(28-2)13(8-12)14-9-18(26)24-20-19(14)23-10-25(20)11-3-5-16(22)15(21)7-11/h3-8,10,14H,9H2,1-2H3,(H,24,26)/t14-/m1/s1. The van der Waals surface area contributed by atoms with Crippen molar-refractivity contribution < 1.29 is 18.7 Å². The average molecular weight is 402 g/mol. The van der Waals surface area contributed by atoms with Crippen LogP contribution in [0.2, 0.25) is 5.02 Å². The molecule has 1 aliphatic heterocycles. The van der Waals surface area contributed by atoms with E-state index in [1.54, 1.807) is 43.3 Å². The van der Waals surface area contributed by atoms with E-state index in [-0.39, 0.29) is 23.3 Å². The van der Waals surface area contributed by atoms with E-state index in [1.165, 1.54) is 12.1 Å². The summed E-state index contributed by atoms with van der Waals surface area (Å²) in [6.45, 7) is 0. The molecular formula is C20H17ClFN3O3. The number of fused-ring (bicyclic) bond motifs is 1. The first kappa shape index (κ1) is 18.3. The number of benzene rings is 2. The van der Waals surface area contributed by atoms with Gasteiger partial charge in [-0.25, -0.2) is 9.37 Å². The highest BCUT2D eigenvalue weighted by Gasteiger charge is 2.33. The van der Waals surface area contributed by atoms with Gasteiger partial charge in [-0.15, -0.1) is 0 Å². The van der Waals surface area contributed by atoms with Gasteiger partial charge >= 0.3 is 0 Å². The van der Waals surface area contributed by atoms with Crippen molar-refractivity contribution in [1.82, 2.24) is 9.55 Å². The first-order chi connectivity index (χ1) is 13.5. The zero-order valence-electron chi connectivity index (χ0n) is 15.2. The summed E-state index contributed by atoms with van der Waals surface area (Å²) in [5, 5.41) is 2.85. The number of halogens is 2. The van der Waals surface area contributed by atoms with Crippen LogP contribution in [0.4, 0.5) is 10.2 Å². The minimum absolute atomic E-state index is 0.00639. The van der Waals surface area contributed by atoms with Crippen molar-refractivity contribution in [2.45, 2.75) is 12.3 Å². The van der Waals surface area contributed by atoms with Crippen LogP contribution >= 0.6 is 11.6 Å². The van der Waals surface area contributed by atoms with Crippen molar-refractivity contribution in [3.8, 4) is 17.2 Å². The first-order valence-corrected chi connectivity index (χ1v) is 8.94. The molecule has 0 spiro atoms. The van der Waals surface area contributed by atoms with E-state index < -0.39 is 5.82 Å². The fourth-order valence-corrected chi connectivity index (χ4v) is 3.58. The Kier molecular flexibility index (Phi) is 4.68. The molecular weight excluding hydrogens is 385 g/mol. The number of hydrogen-bond acceptors (Lipinski definition) is 4. The Bertz CT molecular complexity index is 1070. The van der Waals surface area contributed by atoms with E-state index in [0.29, 0.717) is 28.7 Å². The Hall–Kier alpha value is -3.06. The summed E-state index contributed by atoms with van der Waals surface area (Å²) in [7, 11) is 3.16. The van der Waals surface area contributed by atoms with Crippen LogP contribution in [0.15, 0.2) is 42.7 Å². The first-order valence-electron chi connectivity index (χ1n) is 8.56. The lowest BCUT2D eigenvalue weighted by molar-refractivity contribution is -0.116. The van der Waals surface area contributed by atoms with E-state index in [9.17, 15) is 9.18 Å². The number of carbonyl (C=O) groups is 1. The number of anilines is 1. The predicted molar refractivity (Wildman–Crippen MR) is 103 cm³/mol. The highest BCUT2D eigenvalue weighted by molar-refractivity contribution is 6.30. The smallest absolute Gasteiger partial charge is 0.226 e. The molecule has 6 nitrogen and oxygen atoms in total. The van der Waals surface area contributed by atoms with E-state index in [2.05, 4.69) is 10.3 Å². The quantitative estimate of drug-likeness (QED) is 0.713. The largest absolute Gasteiger partial charge is 0.497 e. The number of amides is 1. The Morgan fingerprint density at radius 2 is 2.04 bits per heavy atom. The second kappa shape index (κ2) is 7.16. The highest BCUT2D eigenvalue weighted by Crippen LogP contribution is 2.42. The van der Waals surface area contributed by atoms with Gasteiger partial charge in [0.1, 0.15) is 29.5 Å². The Morgan fingerprint density at radius 3 is 2.75 bits per heavy atom. The fourth-order valence-electron chi connectivity index (χ4n) is 3.41. The van der Waals surface area contributed by atoms with Crippen LogP contribution in [-0.2, 0) is 4.79 Å².